The molecule has 1 saturated heterocycles. The van der Waals surface area contributed by atoms with Crippen LogP contribution in [0.2, 0.25) is 10.0 Å². The van der Waals surface area contributed by atoms with Gasteiger partial charge in [-0.2, -0.15) is 13.5 Å². The average Bonchev–Trinajstić information content (AvgIpc) is 3.50. The number of hydrogen-bond acceptors (Lipinski definition) is 6. The Morgan fingerprint density at radius 1 is 1.15 bits per heavy atom. The van der Waals surface area contributed by atoms with Gasteiger partial charge in [-0.15, -0.1) is 0 Å². The predicted molar refractivity (Wildman–Crippen MR) is 160 cm³/mol. The van der Waals surface area contributed by atoms with Crippen LogP contribution >= 0.6 is 36.7 Å². The van der Waals surface area contributed by atoms with Crippen molar-refractivity contribution in [3.63, 3.8) is 0 Å². The number of halogens is 2. The predicted octanol–water partition coefficient (Wildman–Crippen LogP) is 5.82. The average molecular weight is 600 g/mol. The Balaban J connectivity index is 0.00000323. The monoisotopic (exact) mass is 598 g/mol. The minimum Gasteiger partial charge on any atom is -0.486 e. The lowest BCUT2D eigenvalue weighted by Gasteiger charge is -2.28. The summed E-state index contributed by atoms with van der Waals surface area (Å²) in [5.74, 6) is 0.518. The van der Waals surface area contributed by atoms with Crippen LogP contribution in [0.1, 0.15) is 33.9 Å². The van der Waals surface area contributed by atoms with Crippen LogP contribution < -0.4 is 4.74 Å². The van der Waals surface area contributed by atoms with Crippen LogP contribution in [0.3, 0.4) is 0 Å². The number of ether oxygens (including phenoxy) is 2. The largest absolute Gasteiger partial charge is 0.486 e. The number of fused-ring (bicyclic) bond motifs is 1. The molecule has 2 aromatic carbocycles. The van der Waals surface area contributed by atoms with Crippen molar-refractivity contribution in [2.75, 3.05) is 19.7 Å². The lowest BCUT2D eigenvalue weighted by atomic mass is 10.1. The van der Waals surface area contributed by atoms with Gasteiger partial charge in [-0.25, -0.2) is 9.78 Å². The third-order valence-corrected chi connectivity index (χ3v) is 7.60. The van der Waals surface area contributed by atoms with Gasteiger partial charge in [0.05, 0.1) is 46.5 Å². The number of benzene rings is 2. The molecule has 0 radical (unpaired) electrons. The highest BCUT2D eigenvalue weighted by Crippen LogP contribution is 2.29. The molecule has 1 fully saturated rings. The fourth-order valence-corrected chi connectivity index (χ4v) is 5.36. The maximum absolute atomic E-state index is 11.6. The molecule has 40 heavy (non-hydrogen) atoms. The summed E-state index contributed by atoms with van der Waals surface area (Å²) < 4.78 is 13.7. The Morgan fingerprint density at radius 3 is 2.75 bits per heavy atom. The molecular weight excluding hydrogens is 571 g/mol. The van der Waals surface area contributed by atoms with Gasteiger partial charge in [-0.3, -0.25) is 9.88 Å². The van der Waals surface area contributed by atoms with E-state index in [9.17, 15) is 9.90 Å². The molecule has 1 N–H and O–H groups in total. The lowest BCUT2D eigenvalue weighted by molar-refractivity contribution is -0.0591. The molecule has 0 saturated carbocycles. The summed E-state index contributed by atoms with van der Waals surface area (Å²) in [5, 5.41) is 10.5. The summed E-state index contributed by atoms with van der Waals surface area (Å²) in [6.45, 7) is 3.90. The van der Waals surface area contributed by atoms with Crippen LogP contribution in [0.4, 0.5) is 0 Å². The fraction of sp³-hybridized carbons (Fsp3) is 0.276. The molecule has 1 atom stereocenters. The Morgan fingerprint density at radius 2 is 2.00 bits per heavy atom. The van der Waals surface area contributed by atoms with Crippen molar-refractivity contribution in [2.24, 2.45) is 0 Å². The summed E-state index contributed by atoms with van der Waals surface area (Å²) >= 11 is 12.2. The molecule has 0 amide bonds. The molecule has 0 aliphatic carbocycles. The Hall–Kier alpha value is -3.08. The van der Waals surface area contributed by atoms with Gasteiger partial charge < -0.3 is 19.1 Å². The fourth-order valence-electron chi connectivity index (χ4n) is 4.90. The van der Waals surface area contributed by atoms with E-state index in [2.05, 4.69) is 20.5 Å². The topological polar surface area (TPSA) is 89.7 Å². The SMILES string of the molecule is O=C(O)c1ccc2nc(CN3CC=C(c4ccnc(COc5ccc(Cl)cc5Cl)c4)C3)n(C[C@@H]3CCO3)c2c1.S. The number of nitrogens with zero attached hydrogens (tertiary/aromatic N) is 4. The molecule has 0 spiro atoms. The van der Waals surface area contributed by atoms with E-state index < -0.39 is 5.97 Å². The van der Waals surface area contributed by atoms with Crippen molar-refractivity contribution in [1.29, 1.82) is 0 Å². The van der Waals surface area contributed by atoms with Gasteiger partial charge in [-0.05, 0) is 66.1 Å². The Labute approximate surface area is 248 Å². The highest BCUT2D eigenvalue weighted by Gasteiger charge is 2.24. The van der Waals surface area contributed by atoms with Crippen molar-refractivity contribution in [1.82, 2.24) is 19.4 Å². The van der Waals surface area contributed by atoms with E-state index in [4.69, 9.17) is 37.7 Å². The highest BCUT2D eigenvalue weighted by molar-refractivity contribution is 7.59. The normalized spacial score (nSPS) is 16.9. The van der Waals surface area contributed by atoms with Crippen molar-refractivity contribution in [3.8, 4) is 5.75 Å². The zero-order chi connectivity index (χ0) is 26.9. The summed E-state index contributed by atoms with van der Waals surface area (Å²) in [4.78, 5) is 23.2. The number of imidazole rings is 1. The molecule has 2 aliphatic rings. The van der Waals surface area contributed by atoms with Crippen LogP contribution in [0.15, 0.2) is 60.8 Å². The molecule has 2 aliphatic heterocycles. The van der Waals surface area contributed by atoms with E-state index in [1.807, 2.05) is 12.1 Å². The Kier molecular flexibility index (Phi) is 8.68. The van der Waals surface area contributed by atoms with Gasteiger partial charge in [-0.1, -0.05) is 29.3 Å². The van der Waals surface area contributed by atoms with Crippen LogP contribution in [0, 0.1) is 0 Å². The van der Waals surface area contributed by atoms with E-state index in [0.29, 0.717) is 28.9 Å². The molecule has 6 rings (SSSR count). The second-order valence-corrected chi connectivity index (χ2v) is 10.6. The first-order valence-electron chi connectivity index (χ1n) is 12.7. The minimum absolute atomic E-state index is 0. The molecule has 0 bridgehead atoms. The first kappa shape index (κ1) is 28.4. The molecule has 8 nitrogen and oxygen atoms in total. The third-order valence-electron chi connectivity index (χ3n) is 7.07. The van der Waals surface area contributed by atoms with Crippen LogP contribution in [0.25, 0.3) is 16.6 Å². The summed E-state index contributed by atoms with van der Waals surface area (Å²) in [6, 6.07) is 14.3. The number of aromatic carboxylic acids is 1. The molecule has 4 aromatic rings. The summed E-state index contributed by atoms with van der Waals surface area (Å²) in [6.07, 6.45) is 5.13. The van der Waals surface area contributed by atoms with Crippen LogP contribution in [-0.4, -0.2) is 56.3 Å². The maximum Gasteiger partial charge on any atom is 0.335 e. The smallest absolute Gasteiger partial charge is 0.335 e. The summed E-state index contributed by atoms with van der Waals surface area (Å²) in [5.41, 5.74) is 4.98. The van der Waals surface area contributed by atoms with Gasteiger partial charge in [0.15, 0.2) is 0 Å². The van der Waals surface area contributed by atoms with Crippen molar-refractivity contribution >= 4 is 59.3 Å². The second kappa shape index (κ2) is 12.2. The number of hydrogen-bond donors (Lipinski definition) is 1. The van der Waals surface area contributed by atoms with E-state index in [1.165, 1.54) is 5.57 Å². The van der Waals surface area contributed by atoms with Crippen LogP contribution in [0.5, 0.6) is 5.75 Å². The van der Waals surface area contributed by atoms with Crippen molar-refractivity contribution in [3.05, 3.63) is 93.5 Å². The highest BCUT2D eigenvalue weighted by atomic mass is 35.5. The number of carbonyl (C=O) groups is 1. The molecule has 11 heteroatoms. The van der Waals surface area contributed by atoms with Crippen LogP contribution in [-0.2, 0) is 24.4 Å². The number of carboxylic acids is 1. The number of pyridine rings is 1. The minimum atomic E-state index is -0.946. The summed E-state index contributed by atoms with van der Waals surface area (Å²) in [7, 11) is 0. The van der Waals surface area contributed by atoms with Crippen molar-refractivity contribution < 1.29 is 19.4 Å². The molecule has 2 aromatic heterocycles. The molecule has 0 unspecified atom stereocenters. The molecule has 4 heterocycles. The molecule has 208 valence electrons. The quantitative estimate of drug-likeness (QED) is 0.260. The zero-order valence-corrected chi connectivity index (χ0v) is 24.0. The number of rotatable bonds is 9. The van der Waals surface area contributed by atoms with E-state index in [1.54, 1.807) is 42.6 Å². The van der Waals surface area contributed by atoms with E-state index in [-0.39, 0.29) is 31.8 Å². The zero-order valence-electron chi connectivity index (χ0n) is 21.5. The Bertz CT molecular complexity index is 1590. The second-order valence-electron chi connectivity index (χ2n) is 9.73. The van der Waals surface area contributed by atoms with Gasteiger partial charge in [0.2, 0.25) is 0 Å². The third kappa shape index (κ3) is 6.14. The van der Waals surface area contributed by atoms with E-state index in [0.717, 1.165) is 54.2 Å². The van der Waals surface area contributed by atoms with Gasteiger partial charge in [0, 0.05) is 30.9 Å². The molecular formula is C29H28Cl2N4O4S. The maximum atomic E-state index is 11.6. The van der Waals surface area contributed by atoms with Crippen molar-refractivity contribution in [2.45, 2.75) is 32.2 Å². The first-order valence-corrected chi connectivity index (χ1v) is 13.5. The lowest BCUT2D eigenvalue weighted by Crippen LogP contribution is -2.32. The van der Waals surface area contributed by atoms with E-state index >= 15 is 0 Å². The van der Waals surface area contributed by atoms with Gasteiger partial charge in [0.25, 0.3) is 0 Å². The standard InChI is InChI=1S/C29H26Cl2N4O4.H2S/c30-21-2-4-27(24(31)13-21)39-17-22-11-18(5-8-32-22)20-6-9-34(14-20)16-28-33-25-3-1-19(29(36)37)12-26(25)35(28)15-23-7-10-38-23;/h1-6,8,11-13,23H,7,9-10,14-17H2,(H,36,37);1H2/t23-;/m0./s1. The number of aromatic nitrogens is 3. The van der Waals surface area contributed by atoms with Gasteiger partial charge >= 0.3 is 5.97 Å². The van der Waals surface area contributed by atoms with Gasteiger partial charge in [0.1, 0.15) is 18.2 Å². The first-order chi connectivity index (χ1) is 18.9. The number of carboxylic acid groups (broad SMARTS) is 1.